The molecule has 0 spiro atoms. The molecule has 0 saturated heterocycles. The van der Waals surface area contributed by atoms with Crippen molar-refractivity contribution in [2.75, 3.05) is 0 Å². The van der Waals surface area contributed by atoms with Gasteiger partial charge >= 0.3 is 5.97 Å². The van der Waals surface area contributed by atoms with E-state index in [0.29, 0.717) is 15.6 Å². The lowest BCUT2D eigenvalue weighted by Crippen LogP contribution is -2.07. The van der Waals surface area contributed by atoms with Crippen molar-refractivity contribution in [3.05, 3.63) is 69.2 Å². The molecule has 0 bridgehead atoms. The second-order valence-electron chi connectivity index (χ2n) is 4.53. The highest BCUT2D eigenvalue weighted by molar-refractivity contribution is 7.21. The predicted molar refractivity (Wildman–Crippen MR) is 78.5 cm³/mol. The standard InChI is InChI=1S/C15H10FNO3S/c16-11-2-1-3-12-13(11)10(14(21-12)15(19)20)8-17-6-4-9(18)5-7-17/h1-7H,8H2,(H,19,20). The number of carbonyl (C=O) groups is 1. The fourth-order valence-corrected chi connectivity index (χ4v) is 3.29. The van der Waals surface area contributed by atoms with Gasteiger partial charge in [-0.1, -0.05) is 6.07 Å². The fourth-order valence-electron chi connectivity index (χ4n) is 2.22. The zero-order valence-corrected chi connectivity index (χ0v) is 11.6. The quantitative estimate of drug-likeness (QED) is 0.809. The average Bonchev–Trinajstić information content (AvgIpc) is 2.82. The Morgan fingerprint density at radius 3 is 2.62 bits per heavy atom. The van der Waals surface area contributed by atoms with Crippen molar-refractivity contribution in [3.63, 3.8) is 0 Å². The molecule has 6 heteroatoms. The second kappa shape index (κ2) is 5.14. The molecule has 21 heavy (non-hydrogen) atoms. The van der Waals surface area contributed by atoms with Gasteiger partial charge in [0.15, 0.2) is 5.43 Å². The maximum Gasteiger partial charge on any atom is 0.346 e. The average molecular weight is 303 g/mol. The molecule has 1 N–H and O–H groups in total. The second-order valence-corrected chi connectivity index (χ2v) is 5.59. The largest absolute Gasteiger partial charge is 0.477 e. The molecule has 3 aromatic rings. The monoisotopic (exact) mass is 303 g/mol. The van der Waals surface area contributed by atoms with Crippen LogP contribution in [0.3, 0.4) is 0 Å². The van der Waals surface area contributed by atoms with Gasteiger partial charge in [0.1, 0.15) is 10.7 Å². The van der Waals surface area contributed by atoms with Crippen LogP contribution >= 0.6 is 11.3 Å². The molecule has 0 fully saturated rings. The third-order valence-corrected chi connectivity index (χ3v) is 4.34. The van der Waals surface area contributed by atoms with E-state index in [9.17, 15) is 19.1 Å². The van der Waals surface area contributed by atoms with E-state index in [1.807, 2.05) is 0 Å². The Kier molecular flexibility index (Phi) is 3.31. The minimum atomic E-state index is -1.08. The van der Waals surface area contributed by atoms with Gasteiger partial charge in [0, 0.05) is 46.7 Å². The summed E-state index contributed by atoms with van der Waals surface area (Å²) in [5.41, 5.74) is 0.287. The van der Waals surface area contributed by atoms with Crippen molar-refractivity contribution in [1.82, 2.24) is 4.57 Å². The third-order valence-electron chi connectivity index (χ3n) is 3.16. The lowest BCUT2D eigenvalue weighted by molar-refractivity contribution is 0.0701. The summed E-state index contributed by atoms with van der Waals surface area (Å²) in [6, 6.07) is 7.33. The molecule has 0 aliphatic carbocycles. The van der Waals surface area contributed by atoms with Crippen LogP contribution in [0, 0.1) is 5.82 Å². The first-order chi connectivity index (χ1) is 10.1. The highest BCUT2D eigenvalue weighted by atomic mass is 32.1. The number of thiophene rings is 1. The van der Waals surface area contributed by atoms with Crippen LogP contribution in [0.2, 0.25) is 0 Å². The van der Waals surface area contributed by atoms with Gasteiger partial charge in [-0.15, -0.1) is 11.3 Å². The van der Waals surface area contributed by atoms with Crippen LogP contribution in [-0.2, 0) is 6.54 Å². The summed E-state index contributed by atoms with van der Waals surface area (Å²) >= 11 is 1.05. The first-order valence-electron chi connectivity index (χ1n) is 6.15. The maximum atomic E-state index is 14.0. The Morgan fingerprint density at radius 1 is 1.24 bits per heavy atom. The van der Waals surface area contributed by atoms with Crippen LogP contribution in [0.25, 0.3) is 10.1 Å². The smallest absolute Gasteiger partial charge is 0.346 e. The minimum absolute atomic E-state index is 0.119. The number of halogens is 1. The minimum Gasteiger partial charge on any atom is -0.477 e. The first-order valence-corrected chi connectivity index (χ1v) is 6.97. The van der Waals surface area contributed by atoms with Gasteiger partial charge < -0.3 is 9.67 Å². The van der Waals surface area contributed by atoms with E-state index in [4.69, 9.17) is 0 Å². The van der Waals surface area contributed by atoms with E-state index in [1.165, 1.54) is 18.2 Å². The molecule has 3 rings (SSSR count). The zero-order chi connectivity index (χ0) is 15.0. The Balaban J connectivity index is 2.19. The number of aromatic nitrogens is 1. The number of benzene rings is 1. The van der Waals surface area contributed by atoms with Crippen molar-refractivity contribution in [2.45, 2.75) is 6.54 Å². The fraction of sp³-hybridized carbons (Fsp3) is 0.0667. The van der Waals surface area contributed by atoms with Gasteiger partial charge in [0.25, 0.3) is 0 Å². The lowest BCUT2D eigenvalue weighted by atomic mass is 10.1. The van der Waals surface area contributed by atoms with Crippen LogP contribution in [0.15, 0.2) is 47.5 Å². The number of carboxylic acid groups (broad SMARTS) is 1. The number of aromatic carboxylic acids is 1. The number of fused-ring (bicyclic) bond motifs is 1. The normalized spacial score (nSPS) is 10.9. The van der Waals surface area contributed by atoms with Gasteiger partial charge in [-0.2, -0.15) is 0 Å². The summed E-state index contributed by atoms with van der Waals surface area (Å²) in [6.45, 7) is 0.197. The van der Waals surface area contributed by atoms with Crippen LogP contribution in [0.4, 0.5) is 4.39 Å². The summed E-state index contributed by atoms with van der Waals surface area (Å²) in [7, 11) is 0. The molecular weight excluding hydrogens is 293 g/mol. The molecule has 0 saturated carbocycles. The highest BCUT2D eigenvalue weighted by Crippen LogP contribution is 2.33. The van der Waals surface area contributed by atoms with E-state index < -0.39 is 11.8 Å². The topological polar surface area (TPSA) is 59.3 Å². The summed E-state index contributed by atoms with van der Waals surface area (Å²) in [4.78, 5) is 22.6. The molecular formula is C15H10FNO3S. The first kappa shape index (κ1) is 13.5. The number of hydrogen-bond donors (Lipinski definition) is 1. The van der Waals surface area contributed by atoms with Crippen molar-refractivity contribution in [1.29, 1.82) is 0 Å². The van der Waals surface area contributed by atoms with Gasteiger partial charge in [-0.05, 0) is 12.1 Å². The van der Waals surface area contributed by atoms with Crippen molar-refractivity contribution in [3.8, 4) is 0 Å². The zero-order valence-electron chi connectivity index (χ0n) is 10.7. The van der Waals surface area contributed by atoms with Crippen LogP contribution < -0.4 is 5.43 Å². The lowest BCUT2D eigenvalue weighted by Gasteiger charge is -2.06. The number of hydrogen-bond acceptors (Lipinski definition) is 3. The van der Waals surface area contributed by atoms with E-state index in [1.54, 1.807) is 29.1 Å². The molecule has 0 aliphatic rings. The number of pyridine rings is 1. The van der Waals surface area contributed by atoms with Crippen molar-refractivity contribution < 1.29 is 14.3 Å². The van der Waals surface area contributed by atoms with Gasteiger partial charge in [-0.3, -0.25) is 4.79 Å². The molecule has 106 valence electrons. The molecule has 0 amide bonds. The molecule has 0 unspecified atom stereocenters. The molecule has 2 aromatic heterocycles. The van der Waals surface area contributed by atoms with Crippen molar-refractivity contribution >= 4 is 27.4 Å². The Labute approximate surface area is 122 Å². The van der Waals surface area contributed by atoms with E-state index in [-0.39, 0.29) is 16.9 Å². The number of rotatable bonds is 3. The van der Waals surface area contributed by atoms with Gasteiger partial charge in [0.05, 0.1) is 0 Å². The van der Waals surface area contributed by atoms with Crippen molar-refractivity contribution in [2.24, 2.45) is 0 Å². The summed E-state index contributed by atoms with van der Waals surface area (Å²) in [5, 5.41) is 9.64. The number of nitrogens with zero attached hydrogens (tertiary/aromatic N) is 1. The summed E-state index contributed by atoms with van der Waals surface area (Å²) < 4.78 is 16.3. The molecule has 0 atom stereocenters. The van der Waals surface area contributed by atoms with Crippen LogP contribution in [0.5, 0.6) is 0 Å². The Morgan fingerprint density at radius 2 is 1.95 bits per heavy atom. The molecule has 1 aromatic carbocycles. The predicted octanol–water partition coefficient (Wildman–Crippen LogP) is 2.95. The highest BCUT2D eigenvalue weighted by Gasteiger charge is 2.20. The van der Waals surface area contributed by atoms with E-state index >= 15 is 0 Å². The Hall–Kier alpha value is -2.47. The number of carboxylic acids is 1. The van der Waals surface area contributed by atoms with Crippen LogP contribution in [0.1, 0.15) is 15.2 Å². The SMILES string of the molecule is O=C(O)c1sc2cccc(F)c2c1Cn1ccc(=O)cc1. The summed E-state index contributed by atoms with van der Waals surface area (Å²) in [6.07, 6.45) is 3.11. The molecule has 2 heterocycles. The van der Waals surface area contributed by atoms with E-state index in [2.05, 4.69) is 0 Å². The third kappa shape index (κ3) is 2.45. The van der Waals surface area contributed by atoms with E-state index in [0.717, 1.165) is 11.3 Å². The maximum absolute atomic E-state index is 14.0. The molecule has 4 nitrogen and oxygen atoms in total. The Bertz CT molecular complexity index is 877. The molecule has 0 radical (unpaired) electrons. The molecule has 0 aliphatic heterocycles. The van der Waals surface area contributed by atoms with Gasteiger partial charge in [-0.25, -0.2) is 9.18 Å². The summed E-state index contributed by atoms with van der Waals surface area (Å²) in [5.74, 6) is -1.51. The van der Waals surface area contributed by atoms with Crippen LogP contribution in [-0.4, -0.2) is 15.6 Å². The van der Waals surface area contributed by atoms with Gasteiger partial charge in [0.2, 0.25) is 0 Å².